The van der Waals surface area contributed by atoms with E-state index in [0.29, 0.717) is 6.42 Å². The van der Waals surface area contributed by atoms with Crippen molar-refractivity contribution < 1.29 is 4.79 Å². The quantitative estimate of drug-likeness (QED) is 0.791. The summed E-state index contributed by atoms with van der Waals surface area (Å²) in [6.07, 6.45) is 5.66. The van der Waals surface area contributed by atoms with Gasteiger partial charge in [0.15, 0.2) is 0 Å². The number of aromatic nitrogens is 3. The Labute approximate surface area is 125 Å². The number of pyridine rings is 1. The van der Waals surface area contributed by atoms with Crippen molar-refractivity contribution in [2.75, 3.05) is 5.32 Å². The van der Waals surface area contributed by atoms with E-state index in [0.717, 1.165) is 17.2 Å². The molecular formula is C15H12N4OS. The Balaban J connectivity index is 1.84. The number of anilines is 1. The first-order chi connectivity index (χ1) is 10.3. The molecular weight excluding hydrogens is 284 g/mol. The number of thiophene rings is 1. The Morgan fingerprint density at radius 2 is 2.29 bits per heavy atom. The number of imidazole rings is 1. The van der Waals surface area contributed by atoms with Gasteiger partial charge in [-0.25, -0.2) is 4.98 Å². The molecule has 0 radical (unpaired) electrons. The molecule has 0 saturated heterocycles. The summed E-state index contributed by atoms with van der Waals surface area (Å²) in [5, 5.41) is 4.96. The molecule has 0 spiro atoms. The zero-order valence-corrected chi connectivity index (χ0v) is 11.9. The van der Waals surface area contributed by atoms with Gasteiger partial charge in [-0.05, 0) is 23.6 Å². The number of hydrogen-bond donors (Lipinski definition) is 1. The van der Waals surface area contributed by atoms with Gasteiger partial charge in [0.25, 0.3) is 0 Å². The van der Waals surface area contributed by atoms with E-state index in [1.165, 1.54) is 4.88 Å². The van der Waals surface area contributed by atoms with Gasteiger partial charge < -0.3 is 5.32 Å². The summed E-state index contributed by atoms with van der Waals surface area (Å²) in [6, 6.07) is 7.87. The van der Waals surface area contributed by atoms with Crippen molar-refractivity contribution in [3.63, 3.8) is 0 Å². The SMILES string of the molecule is O=C1CC(c2cccs2)c2ncn(-c3cccnc3)c2N1. The molecule has 4 rings (SSSR count). The van der Waals surface area contributed by atoms with Gasteiger partial charge in [-0.2, -0.15) is 0 Å². The molecule has 4 heterocycles. The predicted molar refractivity (Wildman–Crippen MR) is 80.8 cm³/mol. The summed E-state index contributed by atoms with van der Waals surface area (Å²) < 4.78 is 1.88. The van der Waals surface area contributed by atoms with Crippen molar-refractivity contribution in [2.24, 2.45) is 0 Å². The zero-order valence-electron chi connectivity index (χ0n) is 11.1. The first kappa shape index (κ1) is 12.3. The maximum atomic E-state index is 12.0. The van der Waals surface area contributed by atoms with Crippen LogP contribution in [0.4, 0.5) is 5.82 Å². The van der Waals surface area contributed by atoms with Crippen LogP contribution in [0.5, 0.6) is 0 Å². The molecule has 5 nitrogen and oxygen atoms in total. The molecule has 1 aliphatic heterocycles. The average Bonchev–Trinajstić information content (AvgIpc) is 3.17. The monoisotopic (exact) mass is 296 g/mol. The topological polar surface area (TPSA) is 59.8 Å². The number of nitrogens with zero attached hydrogens (tertiary/aromatic N) is 3. The second-order valence-electron chi connectivity index (χ2n) is 4.88. The fraction of sp³-hybridized carbons (Fsp3) is 0.133. The first-order valence-corrected chi connectivity index (χ1v) is 7.52. The highest BCUT2D eigenvalue weighted by Gasteiger charge is 2.31. The molecule has 1 N–H and O–H groups in total. The molecule has 0 fully saturated rings. The molecule has 104 valence electrons. The first-order valence-electron chi connectivity index (χ1n) is 6.64. The lowest BCUT2D eigenvalue weighted by molar-refractivity contribution is -0.116. The van der Waals surface area contributed by atoms with Gasteiger partial charge in [0.2, 0.25) is 5.91 Å². The summed E-state index contributed by atoms with van der Waals surface area (Å²) in [5.74, 6) is 0.802. The standard InChI is InChI=1S/C15H12N4OS/c20-13-7-11(12-4-2-6-21-12)14-15(18-13)19(9-17-14)10-3-1-5-16-8-10/h1-6,8-9,11H,7H2,(H,18,20). The largest absolute Gasteiger partial charge is 0.310 e. The van der Waals surface area contributed by atoms with Crippen LogP contribution >= 0.6 is 11.3 Å². The van der Waals surface area contributed by atoms with Crippen LogP contribution in [-0.2, 0) is 4.79 Å². The fourth-order valence-electron chi connectivity index (χ4n) is 2.62. The fourth-order valence-corrected chi connectivity index (χ4v) is 3.45. The van der Waals surface area contributed by atoms with Crippen molar-refractivity contribution in [3.8, 4) is 5.69 Å². The van der Waals surface area contributed by atoms with Gasteiger partial charge in [-0.15, -0.1) is 11.3 Å². The summed E-state index contributed by atoms with van der Waals surface area (Å²) in [7, 11) is 0. The Morgan fingerprint density at radius 3 is 3.05 bits per heavy atom. The Morgan fingerprint density at radius 1 is 1.33 bits per heavy atom. The molecule has 6 heteroatoms. The highest BCUT2D eigenvalue weighted by atomic mass is 32.1. The predicted octanol–water partition coefficient (Wildman–Crippen LogP) is 2.80. The van der Waals surface area contributed by atoms with Crippen molar-refractivity contribution in [1.29, 1.82) is 0 Å². The van der Waals surface area contributed by atoms with E-state index in [1.807, 2.05) is 28.1 Å². The van der Waals surface area contributed by atoms with Crippen LogP contribution < -0.4 is 5.32 Å². The van der Waals surface area contributed by atoms with Crippen LogP contribution in [0.1, 0.15) is 22.9 Å². The summed E-state index contributed by atoms with van der Waals surface area (Å²) >= 11 is 1.66. The lowest BCUT2D eigenvalue weighted by Crippen LogP contribution is -2.24. The molecule has 1 amide bonds. The smallest absolute Gasteiger partial charge is 0.226 e. The molecule has 0 aliphatic carbocycles. The molecule has 0 saturated carbocycles. The molecule has 3 aromatic rings. The Bertz CT molecular complexity index is 779. The van der Waals surface area contributed by atoms with E-state index >= 15 is 0 Å². The summed E-state index contributed by atoms with van der Waals surface area (Å²) in [6.45, 7) is 0. The highest BCUT2D eigenvalue weighted by molar-refractivity contribution is 7.10. The van der Waals surface area contributed by atoms with Gasteiger partial charge in [-0.1, -0.05) is 6.07 Å². The van der Waals surface area contributed by atoms with Crippen molar-refractivity contribution in [3.05, 3.63) is 58.9 Å². The van der Waals surface area contributed by atoms with Crippen molar-refractivity contribution in [1.82, 2.24) is 14.5 Å². The minimum Gasteiger partial charge on any atom is -0.310 e. The van der Waals surface area contributed by atoms with Gasteiger partial charge in [0, 0.05) is 23.4 Å². The minimum atomic E-state index is 0.0199. The average molecular weight is 296 g/mol. The number of hydrogen-bond acceptors (Lipinski definition) is 4. The van der Waals surface area contributed by atoms with Crippen LogP contribution in [0, 0.1) is 0 Å². The Kier molecular flexibility index (Phi) is 2.82. The number of fused-ring (bicyclic) bond motifs is 1. The van der Waals surface area contributed by atoms with Crippen LogP contribution in [0.15, 0.2) is 48.4 Å². The third kappa shape index (κ3) is 2.04. The third-order valence-electron chi connectivity index (χ3n) is 3.58. The van der Waals surface area contributed by atoms with E-state index in [9.17, 15) is 4.79 Å². The lowest BCUT2D eigenvalue weighted by atomic mass is 9.96. The van der Waals surface area contributed by atoms with Crippen LogP contribution in [0.25, 0.3) is 5.69 Å². The number of rotatable bonds is 2. The molecule has 1 unspecified atom stereocenters. The van der Waals surface area contributed by atoms with Crippen molar-refractivity contribution >= 4 is 23.1 Å². The van der Waals surface area contributed by atoms with Crippen LogP contribution in [0.2, 0.25) is 0 Å². The van der Waals surface area contributed by atoms with E-state index < -0.39 is 0 Å². The number of amides is 1. The van der Waals surface area contributed by atoms with Gasteiger partial charge in [-0.3, -0.25) is 14.3 Å². The van der Waals surface area contributed by atoms with Crippen LogP contribution in [0.3, 0.4) is 0 Å². The Hall–Kier alpha value is -2.47. The molecule has 0 bridgehead atoms. The number of carbonyl (C=O) groups is 1. The molecule has 0 aromatic carbocycles. The minimum absolute atomic E-state index is 0.0199. The molecule has 3 aromatic heterocycles. The van der Waals surface area contributed by atoms with E-state index in [4.69, 9.17) is 0 Å². The number of carbonyl (C=O) groups excluding carboxylic acids is 1. The lowest BCUT2D eigenvalue weighted by Gasteiger charge is -2.22. The van der Waals surface area contributed by atoms with Gasteiger partial charge in [0.05, 0.1) is 17.6 Å². The zero-order chi connectivity index (χ0) is 14.2. The van der Waals surface area contributed by atoms with E-state index in [2.05, 4.69) is 21.4 Å². The van der Waals surface area contributed by atoms with Crippen LogP contribution in [-0.4, -0.2) is 20.4 Å². The summed E-state index contributed by atoms with van der Waals surface area (Å²) in [4.78, 5) is 21.9. The van der Waals surface area contributed by atoms with Crippen molar-refractivity contribution in [2.45, 2.75) is 12.3 Å². The molecule has 1 atom stereocenters. The molecule has 1 aliphatic rings. The summed E-state index contributed by atoms with van der Waals surface area (Å²) in [5.41, 5.74) is 1.80. The van der Waals surface area contributed by atoms with E-state index in [1.54, 1.807) is 30.1 Å². The third-order valence-corrected chi connectivity index (χ3v) is 4.57. The normalized spacial score (nSPS) is 17.3. The second kappa shape index (κ2) is 4.82. The maximum Gasteiger partial charge on any atom is 0.226 e. The maximum absolute atomic E-state index is 12.0. The number of nitrogens with one attached hydrogen (secondary N) is 1. The molecule has 21 heavy (non-hydrogen) atoms. The van der Waals surface area contributed by atoms with Gasteiger partial charge in [0.1, 0.15) is 12.1 Å². The van der Waals surface area contributed by atoms with Gasteiger partial charge >= 0.3 is 0 Å². The second-order valence-corrected chi connectivity index (χ2v) is 5.86. The van der Waals surface area contributed by atoms with E-state index in [-0.39, 0.29) is 11.8 Å². The highest BCUT2D eigenvalue weighted by Crippen LogP contribution is 2.38.